The molecule has 5 nitrogen and oxygen atoms in total. The number of carbonyl (C=O) groups is 2. The van der Waals surface area contributed by atoms with E-state index in [0.717, 1.165) is 18.2 Å². The van der Waals surface area contributed by atoms with Crippen molar-refractivity contribution < 1.29 is 32.6 Å². The number of nitrogens with one attached hydrogen (secondary N) is 1. The maximum atomic E-state index is 13.2. The van der Waals surface area contributed by atoms with Crippen molar-refractivity contribution in [3.63, 3.8) is 0 Å². The van der Waals surface area contributed by atoms with Crippen molar-refractivity contribution in [3.05, 3.63) is 113 Å². The van der Waals surface area contributed by atoms with Crippen LogP contribution >= 0.6 is 0 Å². The first kappa shape index (κ1) is 21.9. The predicted octanol–water partition coefficient (Wildman–Crippen LogP) is 5.58. The van der Waals surface area contributed by atoms with Gasteiger partial charge in [0.1, 0.15) is 5.57 Å². The second-order valence-electron chi connectivity index (χ2n) is 7.08. The summed E-state index contributed by atoms with van der Waals surface area (Å²) in [5.74, 6) is -2.63. The summed E-state index contributed by atoms with van der Waals surface area (Å²) in [6.07, 6.45) is -4.59. The van der Waals surface area contributed by atoms with E-state index in [4.69, 9.17) is 4.74 Å². The number of anilines is 1. The van der Waals surface area contributed by atoms with Crippen molar-refractivity contribution >= 4 is 28.7 Å². The highest BCUT2D eigenvalue weighted by molar-refractivity contribution is 6.29. The van der Waals surface area contributed by atoms with Gasteiger partial charge in [0, 0.05) is 5.69 Å². The van der Waals surface area contributed by atoms with Crippen LogP contribution < -0.4 is 5.32 Å². The molecule has 2 N–H and O–H groups in total. The molecular weight excluding hydrogens is 435 g/mol. The van der Waals surface area contributed by atoms with E-state index in [1.807, 2.05) is 0 Å². The molecule has 33 heavy (non-hydrogen) atoms. The van der Waals surface area contributed by atoms with E-state index < -0.39 is 29.4 Å². The van der Waals surface area contributed by atoms with Gasteiger partial charge in [0.15, 0.2) is 11.5 Å². The summed E-state index contributed by atoms with van der Waals surface area (Å²) in [5, 5.41) is 13.2. The van der Waals surface area contributed by atoms with E-state index >= 15 is 0 Å². The fourth-order valence-corrected chi connectivity index (χ4v) is 3.37. The molecule has 0 bridgehead atoms. The summed E-state index contributed by atoms with van der Waals surface area (Å²) in [7, 11) is 0. The summed E-state index contributed by atoms with van der Waals surface area (Å²) >= 11 is 0. The molecular formula is C25H16F3NO4. The van der Waals surface area contributed by atoms with Crippen molar-refractivity contribution in [2.75, 3.05) is 5.32 Å². The van der Waals surface area contributed by atoms with Crippen LogP contribution in [0, 0.1) is 0 Å². The van der Waals surface area contributed by atoms with Crippen LogP contribution in [0.2, 0.25) is 0 Å². The third-order valence-electron chi connectivity index (χ3n) is 4.88. The fourth-order valence-electron chi connectivity index (χ4n) is 3.37. The Hall–Kier alpha value is -4.33. The lowest BCUT2D eigenvalue weighted by molar-refractivity contribution is -0.137. The number of hydrogen-bond acceptors (Lipinski definition) is 4. The third-order valence-corrected chi connectivity index (χ3v) is 4.88. The number of rotatable bonds is 4. The number of carbonyl (C=O) groups excluding carboxylic acids is 2. The highest BCUT2D eigenvalue weighted by atomic mass is 19.4. The topological polar surface area (TPSA) is 75.6 Å². The van der Waals surface area contributed by atoms with E-state index in [2.05, 4.69) is 5.32 Å². The van der Waals surface area contributed by atoms with Crippen LogP contribution in [0.4, 0.5) is 18.9 Å². The van der Waals surface area contributed by atoms with Gasteiger partial charge in [-0.25, -0.2) is 4.79 Å². The minimum absolute atomic E-state index is 0.111. The molecule has 8 heteroatoms. The Morgan fingerprint density at radius 2 is 1.52 bits per heavy atom. The monoisotopic (exact) mass is 451 g/mol. The zero-order valence-corrected chi connectivity index (χ0v) is 16.9. The Balaban J connectivity index is 1.81. The van der Waals surface area contributed by atoms with E-state index in [-0.39, 0.29) is 22.6 Å². The highest BCUT2D eigenvalue weighted by Gasteiger charge is 2.36. The Morgan fingerprint density at radius 3 is 2.15 bits per heavy atom. The minimum Gasteiger partial charge on any atom is -0.504 e. The standard InChI is InChI=1S/C25H16F3NO4/c26-25(27,28)17-12-7-13-18(14-17)29-23(31)20(16-10-5-2-6-11-16)22-21(30)19(24(32)33-22)15-8-3-1-4-9-15/h1-14,30H,(H,29,31)/b22-20+. The molecule has 1 aliphatic heterocycles. The molecule has 0 fully saturated rings. The summed E-state index contributed by atoms with van der Waals surface area (Å²) in [5.41, 5.74) is -0.683. The van der Waals surface area contributed by atoms with Crippen molar-refractivity contribution in [2.24, 2.45) is 0 Å². The predicted molar refractivity (Wildman–Crippen MR) is 116 cm³/mol. The van der Waals surface area contributed by atoms with Crippen LogP contribution in [-0.2, 0) is 20.5 Å². The number of aliphatic hydroxyl groups excluding tert-OH is 1. The third kappa shape index (κ3) is 4.50. The summed E-state index contributed by atoms with van der Waals surface area (Å²) < 4.78 is 44.4. The zero-order valence-electron chi connectivity index (χ0n) is 16.9. The van der Waals surface area contributed by atoms with Crippen LogP contribution in [0.1, 0.15) is 16.7 Å². The smallest absolute Gasteiger partial charge is 0.416 e. The summed E-state index contributed by atoms with van der Waals surface area (Å²) in [4.78, 5) is 25.7. The average Bonchev–Trinajstić information content (AvgIpc) is 3.08. The number of aliphatic hydroxyl groups is 1. The van der Waals surface area contributed by atoms with Crippen LogP contribution in [0.25, 0.3) is 11.1 Å². The second kappa shape index (κ2) is 8.66. The van der Waals surface area contributed by atoms with Crippen molar-refractivity contribution in [2.45, 2.75) is 6.18 Å². The van der Waals surface area contributed by atoms with Gasteiger partial charge >= 0.3 is 12.1 Å². The molecule has 4 rings (SSSR count). The minimum atomic E-state index is -4.59. The number of amides is 1. The van der Waals surface area contributed by atoms with E-state index in [9.17, 15) is 27.9 Å². The summed E-state index contributed by atoms with van der Waals surface area (Å²) in [6, 6.07) is 20.5. The van der Waals surface area contributed by atoms with E-state index in [0.29, 0.717) is 11.1 Å². The number of ether oxygens (including phenoxy) is 1. The van der Waals surface area contributed by atoms with E-state index in [1.54, 1.807) is 60.7 Å². The lowest BCUT2D eigenvalue weighted by Gasteiger charge is -2.13. The van der Waals surface area contributed by atoms with Gasteiger partial charge in [-0.2, -0.15) is 13.2 Å². The van der Waals surface area contributed by atoms with Crippen LogP contribution in [0.5, 0.6) is 0 Å². The number of alkyl halides is 3. The molecule has 1 aliphatic rings. The van der Waals surface area contributed by atoms with Crippen LogP contribution in [-0.4, -0.2) is 17.0 Å². The van der Waals surface area contributed by atoms with Gasteiger partial charge in [0.2, 0.25) is 0 Å². The molecule has 0 aromatic heterocycles. The molecule has 0 spiro atoms. The van der Waals surface area contributed by atoms with Gasteiger partial charge < -0.3 is 15.2 Å². The number of benzene rings is 3. The van der Waals surface area contributed by atoms with Gasteiger partial charge in [0.25, 0.3) is 5.91 Å². The SMILES string of the molecule is O=C1O/C(=C(/C(=O)Nc2cccc(C(F)(F)F)c2)c2ccccc2)C(O)=C1c1ccccc1. The highest BCUT2D eigenvalue weighted by Crippen LogP contribution is 2.37. The molecule has 3 aromatic rings. The Kier molecular flexibility index (Phi) is 5.74. The molecule has 0 saturated carbocycles. The number of hydrogen-bond donors (Lipinski definition) is 2. The quantitative estimate of drug-likeness (QED) is 0.401. The Labute approximate surface area is 186 Å². The second-order valence-corrected chi connectivity index (χ2v) is 7.08. The first-order valence-electron chi connectivity index (χ1n) is 9.75. The molecule has 0 atom stereocenters. The van der Waals surface area contributed by atoms with Crippen LogP contribution in [0.3, 0.4) is 0 Å². The number of esters is 1. The largest absolute Gasteiger partial charge is 0.504 e. The Morgan fingerprint density at radius 1 is 0.879 bits per heavy atom. The molecule has 0 aliphatic carbocycles. The van der Waals surface area contributed by atoms with Crippen molar-refractivity contribution in [3.8, 4) is 0 Å². The maximum Gasteiger partial charge on any atom is 0.416 e. The van der Waals surface area contributed by atoms with Gasteiger partial charge in [-0.15, -0.1) is 0 Å². The fraction of sp³-hybridized carbons (Fsp3) is 0.0400. The maximum absolute atomic E-state index is 13.2. The molecule has 3 aromatic carbocycles. The Bertz CT molecular complexity index is 1280. The van der Waals surface area contributed by atoms with E-state index in [1.165, 1.54) is 6.07 Å². The molecule has 0 radical (unpaired) electrons. The van der Waals surface area contributed by atoms with Gasteiger partial charge in [-0.1, -0.05) is 66.7 Å². The van der Waals surface area contributed by atoms with Crippen molar-refractivity contribution in [1.29, 1.82) is 0 Å². The summed E-state index contributed by atoms with van der Waals surface area (Å²) in [6.45, 7) is 0. The van der Waals surface area contributed by atoms with Crippen molar-refractivity contribution in [1.82, 2.24) is 0 Å². The van der Waals surface area contributed by atoms with Crippen LogP contribution in [0.15, 0.2) is 96.4 Å². The lowest BCUT2D eigenvalue weighted by Crippen LogP contribution is -2.17. The molecule has 1 amide bonds. The lowest BCUT2D eigenvalue weighted by atomic mass is 10.0. The van der Waals surface area contributed by atoms with Gasteiger partial charge in [-0.3, -0.25) is 4.79 Å². The molecule has 166 valence electrons. The molecule has 0 unspecified atom stereocenters. The number of cyclic esters (lactones) is 1. The first-order chi connectivity index (χ1) is 15.8. The first-order valence-corrected chi connectivity index (χ1v) is 9.75. The average molecular weight is 451 g/mol. The normalized spacial score (nSPS) is 15.3. The van der Waals surface area contributed by atoms with Gasteiger partial charge in [-0.05, 0) is 29.3 Å². The molecule has 0 saturated heterocycles. The molecule has 1 heterocycles. The van der Waals surface area contributed by atoms with Gasteiger partial charge in [0.05, 0.1) is 11.1 Å². The zero-order chi connectivity index (χ0) is 23.6. The number of halogens is 3.